The molecular weight excluding hydrogens is 1030 g/mol. The Morgan fingerprint density at radius 1 is 0.816 bits per heavy atom. The van der Waals surface area contributed by atoms with Gasteiger partial charge in [-0.15, -0.1) is 0 Å². The predicted molar refractivity (Wildman–Crippen MR) is 252 cm³/mol. The number of pyridine rings is 1. The molecule has 6 unspecified atom stereocenters. The first kappa shape index (κ1) is 58.1. The number of carboxylic acid groups (broad SMARTS) is 1. The van der Waals surface area contributed by atoms with Crippen LogP contribution in [0.15, 0.2) is 67.0 Å². The number of carbonyl (C=O) groups excluding carboxylic acids is 3. The quantitative estimate of drug-likeness (QED) is 0.0302. The number of anilines is 1. The summed E-state index contributed by atoms with van der Waals surface area (Å²) in [5.41, 5.74) is -1.71. The molecular formula is C49H54F10N10O7. The minimum absolute atomic E-state index is 0.200. The van der Waals surface area contributed by atoms with Gasteiger partial charge in [-0.1, -0.05) is 24.0 Å². The molecule has 4 amide bonds. The molecule has 412 valence electrons. The van der Waals surface area contributed by atoms with Gasteiger partial charge >= 0.3 is 31.1 Å². The lowest BCUT2D eigenvalue weighted by Crippen LogP contribution is -2.63. The molecule has 2 aromatic heterocycles. The third kappa shape index (κ3) is 14.4. The number of carbonyl (C=O) groups is 4. The predicted octanol–water partition coefficient (Wildman–Crippen LogP) is 6.12. The number of fused-ring (bicyclic) bond motifs is 2. The van der Waals surface area contributed by atoms with Crippen molar-refractivity contribution < 1.29 is 78.0 Å². The number of alkyl halides is 8. The summed E-state index contributed by atoms with van der Waals surface area (Å²) in [6, 6.07) is 6.68. The summed E-state index contributed by atoms with van der Waals surface area (Å²) in [7, 11) is 0. The summed E-state index contributed by atoms with van der Waals surface area (Å²) in [5, 5.41) is 33.3. The number of halogens is 10. The number of nitrogens with zero attached hydrogens (tertiary/aromatic N) is 4. The molecule has 0 aliphatic carbocycles. The number of alkyl carbamates (subject to hydrolysis) is 1. The second kappa shape index (κ2) is 23.8. The molecule has 2 saturated heterocycles. The fraction of sp³-hybridized carbons (Fsp3) is 0.469. The van der Waals surface area contributed by atoms with Crippen LogP contribution >= 0.6 is 0 Å². The highest BCUT2D eigenvalue weighted by atomic mass is 19.4. The largest absolute Gasteiger partial charge is 0.465 e. The van der Waals surface area contributed by atoms with E-state index in [1.807, 2.05) is 22.9 Å². The van der Waals surface area contributed by atoms with E-state index < -0.39 is 115 Å². The molecule has 2 fully saturated rings. The molecule has 6 atom stereocenters. The number of hydrogen-bond acceptors (Lipinski definition) is 11. The van der Waals surface area contributed by atoms with E-state index in [-0.39, 0.29) is 22.4 Å². The van der Waals surface area contributed by atoms with Crippen molar-refractivity contribution >= 4 is 29.8 Å². The Hall–Kier alpha value is -7.18. The molecule has 17 nitrogen and oxygen atoms in total. The standard InChI is InChI=1S/C49H54F10N10O7/c1-46(2,48(54,55)56)39(65-45(75)76-18-16-32-33(50)20-29(21-34(32)51)35-15-17-69(67-35)43(52)53)41(71)63-36(37(70)23-61-66-42(72)40(64-44(73)74)47(3,4)49(57,58)59)19-27-8-5-26(6-9-27)7-10-28-11-14-38(60-22-28)68-24-30-12-13-31(25-68)62-30/h5-6,8-9,11,14-15,17,20-22,30-31,36-37,39-40,43,61-62,64,70H,12-13,16,18-19,23-25H2,1-4H3,(H,63,71)(H,65,75)(H,66,72)(H,73,74). The molecule has 4 heterocycles. The molecule has 2 aliphatic heterocycles. The average molecular weight is 1090 g/mol. The smallest absolute Gasteiger partial charge is 0.407 e. The van der Waals surface area contributed by atoms with E-state index in [1.165, 1.54) is 17.4 Å². The molecule has 0 spiro atoms. The number of aliphatic hydroxyl groups excluding tert-OH is 1. The van der Waals surface area contributed by atoms with Crippen LogP contribution in [0.25, 0.3) is 11.3 Å². The minimum Gasteiger partial charge on any atom is -0.465 e. The van der Waals surface area contributed by atoms with E-state index in [0.29, 0.717) is 56.5 Å². The molecule has 76 heavy (non-hydrogen) atoms. The van der Waals surface area contributed by atoms with Crippen molar-refractivity contribution in [2.24, 2.45) is 10.8 Å². The summed E-state index contributed by atoms with van der Waals surface area (Å²) in [4.78, 5) is 58.2. The summed E-state index contributed by atoms with van der Waals surface area (Å²) >= 11 is 0. The number of aromatic nitrogens is 3. The molecule has 4 aromatic rings. The zero-order chi connectivity index (χ0) is 55.9. The Morgan fingerprint density at radius 3 is 1.93 bits per heavy atom. The second-order valence-electron chi connectivity index (χ2n) is 19.3. The minimum atomic E-state index is -5.23. The highest BCUT2D eigenvalue weighted by molar-refractivity contribution is 5.87. The number of benzene rings is 2. The Kier molecular flexibility index (Phi) is 18.2. The molecule has 0 saturated carbocycles. The normalized spacial score (nSPS) is 17.4. The first-order valence-corrected chi connectivity index (χ1v) is 23.5. The molecule has 27 heteroatoms. The van der Waals surface area contributed by atoms with Gasteiger partial charge in [0.25, 0.3) is 5.91 Å². The lowest BCUT2D eigenvalue weighted by molar-refractivity contribution is -0.221. The molecule has 8 N–H and O–H groups in total. The second-order valence-corrected chi connectivity index (χ2v) is 19.3. The third-order valence-corrected chi connectivity index (χ3v) is 13.2. The van der Waals surface area contributed by atoms with Crippen LogP contribution in [0.1, 0.15) is 69.3 Å². The highest BCUT2D eigenvalue weighted by Gasteiger charge is 2.57. The van der Waals surface area contributed by atoms with E-state index in [0.717, 1.165) is 56.1 Å². The molecule has 0 radical (unpaired) electrons. The van der Waals surface area contributed by atoms with Gasteiger partial charge in [-0.3, -0.25) is 15.0 Å². The van der Waals surface area contributed by atoms with Crippen molar-refractivity contribution in [2.75, 3.05) is 31.1 Å². The van der Waals surface area contributed by atoms with Crippen molar-refractivity contribution in [1.29, 1.82) is 0 Å². The van der Waals surface area contributed by atoms with E-state index in [4.69, 9.17) is 4.74 Å². The van der Waals surface area contributed by atoms with Crippen molar-refractivity contribution in [2.45, 2.75) is 109 Å². The number of hydrogen-bond donors (Lipinski definition) is 8. The molecule has 6 rings (SSSR count). The van der Waals surface area contributed by atoms with E-state index in [1.54, 1.807) is 18.3 Å². The first-order valence-electron chi connectivity index (χ1n) is 23.5. The van der Waals surface area contributed by atoms with Crippen LogP contribution in [0.4, 0.5) is 59.3 Å². The fourth-order valence-corrected chi connectivity index (χ4v) is 8.35. The van der Waals surface area contributed by atoms with E-state index in [2.05, 4.69) is 42.9 Å². The van der Waals surface area contributed by atoms with Crippen LogP contribution in [0.5, 0.6) is 0 Å². The van der Waals surface area contributed by atoms with Gasteiger partial charge in [0.05, 0.1) is 35.3 Å². The lowest BCUT2D eigenvalue weighted by Gasteiger charge is -2.36. The number of ether oxygens (including phenoxy) is 1. The van der Waals surface area contributed by atoms with E-state index in [9.17, 15) is 64.5 Å². The zero-order valence-corrected chi connectivity index (χ0v) is 41.1. The first-order chi connectivity index (χ1) is 35.5. The van der Waals surface area contributed by atoms with Crippen LogP contribution in [0.2, 0.25) is 0 Å². The maximum Gasteiger partial charge on any atom is 0.407 e. The number of piperazine rings is 1. The van der Waals surface area contributed by atoms with Gasteiger partial charge in [0.1, 0.15) is 29.5 Å². The fourth-order valence-electron chi connectivity index (χ4n) is 8.35. The average Bonchev–Trinajstić information content (AvgIpc) is 3.98. The van der Waals surface area contributed by atoms with Crippen molar-refractivity contribution in [1.82, 2.24) is 46.9 Å². The number of nitrogens with one attached hydrogen (secondary N) is 6. The van der Waals surface area contributed by atoms with E-state index >= 15 is 8.78 Å². The number of amides is 4. The van der Waals surface area contributed by atoms with Gasteiger partial charge in [-0.25, -0.2) is 33.5 Å². The van der Waals surface area contributed by atoms with Gasteiger partial charge in [0.15, 0.2) is 0 Å². The molecule has 2 aromatic carbocycles. The third-order valence-electron chi connectivity index (χ3n) is 13.2. The van der Waals surface area contributed by atoms with Gasteiger partial charge in [-0.05, 0) is 95.0 Å². The van der Waals surface area contributed by atoms with Gasteiger partial charge in [-0.2, -0.15) is 40.2 Å². The summed E-state index contributed by atoms with van der Waals surface area (Å²) in [6.07, 6.45) is -12.2. The van der Waals surface area contributed by atoms with Gasteiger partial charge < -0.3 is 41.1 Å². The maximum absolute atomic E-state index is 15.0. The maximum atomic E-state index is 15.0. The highest BCUT2D eigenvalue weighted by Crippen LogP contribution is 2.42. The van der Waals surface area contributed by atoms with Crippen LogP contribution < -0.4 is 37.0 Å². The Labute approximate surface area is 428 Å². The number of rotatable bonds is 19. The van der Waals surface area contributed by atoms with Crippen molar-refractivity contribution in [3.63, 3.8) is 0 Å². The van der Waals surface area contributed by atoms with Gasteiger partial charge in [0, 0.05) is 72.8 Å². The van der Waals surface area contributed by atoms with Crippen LogP contribution in [-0.2, 0) is 27.2 Å². The van der Waals surface area contributed by atoms with Gasteiger partial charge in [0.2, 0.25) is 5.91 Å². The molecule has 2 aliphatic rings. The monoisotopic (exact) mass is 1080 g/mol. The summed E-state index contributed by atoms with van der Waals surface area (Å²) in [6.45, 7) is -0.825. The summed E-state index contributed by atoms with van der Waals surface area (Å²) in [5.74, 6) is 1.29. The zero-order valence-electron chi connectivity index (χ0n) is 41.1. The molecule has 2 bridgehead atoms. The lowest BCUT2D eigenvalue weighted by atomic mass is 9.82. The Balaban J connectivity index is 1.17. The summed E-state index contributed by atoms with van der Waals surface area (Å²) < 4.78 is 147. The van der Waals surface area contributed by atoms with Crippen LogP contribution in [0, 0.1) is 34.3 Å². The number of hydrazine groups is 1. The Morgan fingerprint density at radius 2 is 1.39 bits per heavy atom. The SMILES string of the molecule is CC(C)(C(NC(=O)O)C(=O)NNCC(O)C(Cc1ccc(C#Cc2ccc(N3CC4CCC(C3)N4)nc2)cc1)NC(=O)C(NC(=O)OCCc1c(F)cc(-c2ccn(C(F)F)n2)cc1F)C(C)(C)C(F)(F)F)C(F)(F)F. The van der Waals surface area contributed by atoms with Crippen molar-refractivity contribution in [3.8, 4) is 23.1 Å². The van der Waals surface area contributed by atoms with Crippen LogP contribution in [0.3, 0.4) is 0 Å². The Bertz CT molecular complexity index is 2730. The van der Waals surface area contributed by atoms with Crippen LogP contribution in [-0.4, -0.2) is 124 Å². The van der Waals surface area contributed by atoms with Crippen molar-refractivity contribution in [3.05, 3.63) is 101 Å². The topological polar surface area (TPSA) is 224 Å². The number of aliphatic hydroxyl groups is 1.